The third-order valence-corrected chi connectivity index (χ3v) is 7.98. The van der Waals surface area contributed by atoms with E-state index in [1.165, 1.54) is 7.11 Å². The Labute approximate surface area is 252 Å². The number of benzene rings is 2. The van der Waals surface area contributed by atoms with Crippen molar-refractivity contribution in [3.63, 3.8) is 0 Å². The van der Waals surface area contributed by atoms with Crippen LogP contribution in [-0.4, -0.2) is 77.9 Å². The van der Waals surface area contributed by atoms with Crippen molar-refractivity contribution >= 4 is 52.6 Å². The largest absolute Gasteiger partial charge is 0.467 e. The van der Waals surface area contributed by atoms with E-state index in [0.717, 1.165) is 41.3 Å². The molecule has 3 atom stereocenters. The predicted molar refractivity (Wildman–Crippen MR) is 166 cm³/mol. The highest BCUT2D eigenvalue weighted by Gasteiger charge is 2.36. The summed E-state index contributed by atoms with van der Waals surface area (Å²) in [6, 6.07) is 16.6. The molecule has 1 fully saturated rings. The van der Waals surface area contributed by atoms with Crippen LogP contribution >= 0.6 is 24.2 Å². The van der Waals surface area contributed by atoms with Crippen molar-refractivity contribution in [3.8, 4) is 0 Å². The number of nitrogens with one attached hydrogen (secondary N) is 2. The number of amides is 1. The van der Waals surface area contributed by atoms with Crippen LogP contribution in [0.4, 0.5) is 0 Å². The molecule has 3 aromatic rings. The van der Waals surface area contributed by atoms with Gasteiger partial charge >= 0.3 is 5.97 Å². The third kappa shape index (κ3) is 9.00. The minimum absolute atomic E-state index is 0. The van der Waals surface area contributed by atoms with Gasteiger partial charge in [0.05, 0.1) is 19.7 Å². The molecular weight excluding hydrogens is 560 g/mol. The number of pyridine rings is 1. The molecule has 2 heterocycles. The maximum absolute atomic E-state index is 14.0. The predicted octanol–water partition coefficient (Wildman–Crippen LogP) is 3.80. The van der Waals surface area contributed by atoms with Crippen molar-refractivity contribution in [2.45, 2.75) is 50.4 Å². The number of ether oxygens (including phenoxy) is 1. The highest BCUT2D eigenvalue weighted by Crippen LogP contribution is 2.24. The number of Topliss-reactive ketones (excluding diaryl/α,β-unsaturated/α-hetero) is 1. The van der Waals surface area contributed by atoms with Crippen molar-refractivity contribution in [1.82, 2.24) is 20.5 Å². The second-order valence-electron chi connectivity index (χ2n) is 10.1. The Bertz CT molecular complexity index is 1280. The fraction of sp³-hybridized carbons (Fsp3) is 0.419. The number of carbonyl (C=O) groups is 3. The Morgan fingerprint density at radius 1 is 1.15 bits per heavy atom. The minimum atomic E-state index is -0.737. The number of aromatic nitrogens is 1. The molecule has 0 aliphatic carbocycles. The number of ketones is 1. The zero-order valence-corrected chi connectivity index (χ0v) is 25.2. The molecule has 8 nitrogen and oxygen atoms in total. The first-order chi connectivity index (χ1) is 19.5. The van der Waals surface area contributed by atoms with E-state index in [9.17, 15) is 14.4 Å². The number of nitrogens with zero attached hydrogens (tertiary/aromatic N) is 2. The number of rotatable bonds is 14. The first-order valence-electron chi connectivity index (χ1n) is 13.7. The molecule has 1 amide bonds. The zero-order chi connectivity index (χ0) is 28.3. The van der Waals surface area contributed by atoms with Gasteiger partial charge in [-0.1, -0.05) is 48.5 Å². The molecule has 41 heavy (non-hydrogen) atoms. The number of fused-ring (bicyclic) bond motifs is 1. The van der Waals surface area contributed by atoms with Crippen molar-refractivity contribution in [3.05, 3.63) is 78.1 Å². The Morgan fingerprint density at radius 2 is 1.95 bits per heavy atom. The lowest BCUT2D eigenvalue weighted by atomic mass is 9.94. The molecule has 1 unspecified atom stereocenters. The summed E-state index contributed by atoms with van der Waals surface area (Å²) in [6.07, 6.45) is 7.86. The molecule has 0 radical (unpaired) electrons. The van der Waals surface area contributed by atoms with Gasteiger partial charge in [-0.15, -0.1) is 12.4 Å². The van der Waals surface area contributed by atoms with Gasteiger partial charge in [0.15, 0.2) is 5.78 Å². The normalized spacial score (nSPS) is 16.1. The molecule has 4 rings (SSSR count). The summed E-state index contributed by atoms with van der Waals surface area (Å²) in [6.45, 7) is 1.20. The summed E-state index contributed by atoms with van der Waals surface area (Å²) in [7, 11) is 1.33. The SMILES string of the molecule is COC(=O)[C@H](CCSC)NC(=O)CN(Cc1cccc2ccccc12)C(C(=O)Cc1cccnc1)[C@@H]1CCCN1.Cl. The van der Waals surface area contributed by atoms with Crippen LogP contribution in [0.3, 0.4) is 0 Å². The van der Waals surface area contributed by atoms with Crippen LogP contribution in [0.5, 0.6) is 0 Å². The lowest BCUT2D eigenvalue weighted by Crippen LogP contribution is -2.56. The van der Waals surface area contributed by atoms with Gasteiger partial charge < -0.3 is 15.4 Å². The highest BCUT2D eigenvalue weighted by atomic mass is 35.5. The van der Waals surface area contributed by atoms with Crippen LogP contribution in [0.1, 0.15) is 30.4 Å². The second-order valence-corrected chi connectivity index (χ2v) is 11.1. The topological polar surface area (TPSA) is 101 Å². The quantitative estimate of drug-likeness (QED) is 0.270. The number of carbonyl (C=O) groups excluding carboxylic acids is 3. The molecule has 0 spiro atoms. The van der Waals surface area contributed by atoms with Gasteiger partial charge in [-0.05, 0) is 65.8 Å². The van der Waals surface area contributed by atoms with E-state index in [-0.39, 0.29) is 43.1 Å². The Kier molecular flexibility index (Phi) is 13.1. The van der Waals surface area contributed by atoms with E-state index >= 15 is 0 Å². The number of thioether (sulfide) groups is 1. The molecule has 0 saturated carbocycles. The summed E-state index contributed by atoms with van der Waals surface area (Å²) in [4.78, 5) is 46.0. The summed E-state index contributed by atoms with van der Waals surface area (Å²) >= 11 is 1.60. The molecule has 1 saturated heterocycles. The van der Waals surface area contributed by atoms with Crippen molar-refractivity contribution in [1.29, 1.82) is 0 Å². The van der Waals surface area contributed by atoms with E-state index in [1.54, 1.807) is 24.2 Å². The Morgan fingerprint density at radius 3 is 2.66 bits per heavy atom. The smallest absolute Gasteiger partial charge is 0.328 e. The van der Waals surface area contributed by atoms with Crippen molar-refractivity contribution < 1.29 is 19.1 Å². The maximum Gasteiger partial charge on any atom is 0.328 e. The van der Waals surface area contributed by atoms with Gasteiger partial charge in [-0.2, -0.15) is 11.8 Å². The van der Waals surface area contributed by atoms with Gasteiger partial charge in [-0.3, -0.25) is 19.5 Å². The molecule has 1 aliphatic rings. The van der Waals surface area contributed by atoms with Crippen LogP contribution in [0.15, 0.2) is 67.0 Å². The third-order valence-electron chi connectivity index (χ3n) is 7.34. The highest BCUT2D eigenvalue weighted by molar-refractivity contribution is 7.98. The van der Waals surface area contributed by atoms with Crippen LogP contribution in [0.2, 0.25) is 0 Å². The van der Waals surface area contributed by atoms with Gasteiger partial charge in [-0.25, -0.2) is 4.79 Å². The number of esters is 1. The molecule has 10 heteroatoms. The van der Waals surface area contributed by atoms with Crippen LogP contribution < -0.4 is 10.6 Å². The van der Waals surface area contributed by atoms with Gasteiger partial charge in [0, 0.05) is 31.4 Å². The molecular formula is C31H39ClN4O4S. The molecule has 220 valence electrons. The fourth-order valence-electron chi connectivity index (χ4n) is 5.43. The Balaban J connectivity index is 0.00000462. The number of hydrogen-bond acceptors (Lipinski definition) is 8. The monoisotopic (exact) mass is 598 g/mol. The van der Waals surface area contributed by atoms with E-state index in [2.05, 4.69) is 33.8 Å². The molecule has 1 aromatic heterocycles. The summed E-state index contributed by atoms with van der Waals surface area (Å²) < 4.78 is 4.95. The lowest BCUT2D eigenvalue weighted by Gasteiger charge is -2.35. The van der Waals surface area contributed by atoms with E-state index in [4.69, 9.17) is 4.74 Å². The van der Waals surface area contributed by atoms with Gasteiger partial charge in [0.25, 0.3) is 0 Å². The average Bonchev–Trinajstić information content (AvgIpc) is 3.50. The zero-order valence-electron chi connectivity index (χ0n) is 23.6. The molecule has 1 aliphatic heterocycles. The summed E-state index contributed by atoms with van der Waals surface area (Å²) in [5, 5.41) is 8.57. The molecule has 0 bridgehead atoms. The molecule has 2 aromatic carbocycles. The summed E-state index contributed by atoms with van der Waals surface area (Å²) in [5.41, 5.74) is 1.88. The lowest BCUT2D eigenvalue weighted by molar-refractivity contribution is -0.145. The maximum atomic E-state index is 14.0. The van der Waals surface area contributed by atoms with E-state index in [1.807, 2.05) is 47.6 Å². The average molecular weight is 599 g/mol. The fourth-order valence-corrected chi connectivity index (χ4v) is 5.90. The number of methoxy groups -OCH3 is 1. The first kappa shape index (κ1) is 32.5. The van der Waals surface area contributed by atoms with E-state index in [0.29, 0.717) is 18.7 Å². The Hall–Kier alpha value is -2.98. The molecule has 2 N–H and O–H groups in total. The summed E-state index contributed by atoms with van der Waals surface area (Å²) in [5.74, 6) is -0.0382. The van der Waals surface area contributed by atoms with Crippen molar-refractivity contribution in [2.75, 3.05) is 32.2 Å². The second kappa shape index (κ2) is 16.5. The number of hydrogen-bond donors (Lipinski definition) is 2. The first-order valence-corrected chi connectivity index (χ1v) is 15.1. The van der Waals surface area contributed by atoms with Crippen LogP contribution in [-0.2, 0) is 32.1 Å². The van der Waals surface area contributed by atoms with Gasteiger partial charge in [0.2, 0.25) is 5.91 Å². The van der Waals surface area contributed by atoms with Gasteiger partial charge in [0.1, 0.15) is 6.04 Å². The van der Waals surface area contributed by atoms with Crippen LogP contribution in [0, 0.1) is 0 Å². The number of halogens is 1. The van der Waals surface area contributed by atoms with Crippen molar-refractivity contribution in [2.24, 2.45) is 0 Å². The van der Waals surface area contributed by atoms with Crippen LogP contribution in [0.25, 0.3) is 10.8 Å². The standard InChI is InChI=1S/C31H38N4O4S.ClH/c1-39-31(38)27(14-17-40-2)34-29(37)21-35(20-24-11-5-10-23-9-3-4-12-25(23)24)30(26-13-7-16-33-26)28(36)18-22-8-6-15-32-19-22;/h3-6,8-12,15,19,26-27,30,33H,7,13-14,16-18,20-21H2,1-2H3,(H,34,37);1H/t26-,27-,30?;/m0./s1. The van der Waals surface area contributed by atoms with E-state index < -0.39 is 18.1 Å². The minimum Gasteiger partial charge on any atom is -0.467 e.